The summed E-state index contributed by atoms with van der Waals surface area (Å²) in [6, 6.07) is 15.8. The average molecular weight is 378 g/mol. The Labute approximate surface area is 163 Å². The van der Waals surface area contributed by atoms with Crippen molar-refractivity contribution in [3.63, 3.8) is 0 Å². The molecule has 0 aromatic heterocycles. The molecule has 0 aliphatic carbocycles. The van der Waals surface area contributed by atoms with Gasteiger partial charge in [-0.15, -0.1) is 0 Å². The number of imide groups is 1. The number of nitrogens with zero attached hydrogens (tertiary/aromatic N) is 4. The number of azo groups is 1. The number of carbonyl (C=O) groups excluding carboxylic acids is 2. The molecule has 2 amide bonds. The Morgan fingerprint density at radius 3 is 2.29 bits per heavy atom. The van der Waals surface area contributed by atoms with Crippen molar-refractivity contribution >= 4 is 28.9 Å². The first-order valence-electron chi connectivity index (χ1n) is 9.47. The fraction of sp³-hybridized carbons (Fsp3) is 0.333. The standard InChI is InChI=1S/C21H22N4O3/c26-18-7-4-12-24(14-18)19-13-20(27)25(21(19)28)17-10-8-16(9-11-17)23-22-15-5-2-1-3-6-15/h1-3,5-6,8-11,18-19,26H,4,7,12-14H2/t18-,19-/m0/s1. The summed E-state index contributed by atoms with van der Waals surface area (Å²) in [5, 5.41) is 18.2. The van der Waals surface area contributed by atoms with Gasteiger partial charge in [-0.05, 0) is 55.8 Å². The van der Waals surface area contributed by atoms with Crippen LogP contribution < -0.4 is 4.90 Å². The van der Waals surface area contributed by atoms with Crippen molar-refractivity contribution in [2.24, 2.45) is 10.2 Å². The van der Waals surface area contributed by atoms with Crippen LogP contribution in [0.3, 0.4) is 0 Å². The second-order valence-electron chi connectivity index (χ2n) is 7.13. The molecule has 7 nitrogen and oxygen atoms in total. The molecule has 2 aliphatic rings. The fourth-order valence-corrected chi connectivity index (χ4v) is 3.72. The number of hydrogen-bond donors (Lipinski definition) is 1. The van der Waals surface area contributed by atoms with Crippen LogP contribution in [0.25, 0.3) is 0 Å². The molecule has 2 aromatic rings. The van der Waals surface area contributed by atoms with Crippen molar-refractivity contribution < 1.29 is 14.7 Å². The molecule has 2 atom stereocenters. The summed E-state index contributed by atoms with van der Waals surface area (Å²) in [5.74, 6) is -0.438. The molecular formula is C21H22N4O3. The van der Waals surface area contributed by atoms with E-state index in [1.165, 1.54) is 4.90 Å². The largest absolute Gasteiger partial charge is 0.392 e. The van der Waals surface area contributed by atoms with E-state index in [4.69, 9.17) is 0 Å². The zero-order chi connectivity index (χ0) is 19.5. The Kier molecular flexibility index (Phi) is 5.27. The highest BCUT2D eigenvalue weighted by Crippen LogP contribution is 2.29. The van der Waals surface area contributed by atoms with Crippen LogP contribution in [-0.4, -0.2) is 47.1 Å². The van der Waals surface area contributed by atoms with Gasteiger partial charge < -0.3 is 5.11 Å². The SMILES string of the molecule is O=C1C[C@H](N2CCC[C@H](O)C2)C(=O)N1c1ccc(N=Nc2ccccc2)cc1. The van der Waals surface area contributed by atoms with Crippen LogP contribution in [0.15, 0.2) is 64.8 Å². The monoisotopic (exact) mass is 378 g/mol. The summed E-state index contributed by atoms with van der Waals surface area (Å²) < 4.78 is 0. The highest BCUT2D eigenvalue weighted by Gasteiger charge is 2.43. The van der Waals surface area contributed by atoms with E-state index in [2.05, 4.69) is 10.2 Å². The van der Waals surface area contributed by atoms with E-state index in [1.807, 2.05) is 35.2 Å². The van der Waals surface area contributed by atoms with Crippen molar-refractivity contribution in [2.45, 2.75) is 31.4 Å². The van der Waals surface area contributed by atoms with E-state index < -0.39 is 12.1 Å². The quantitative estimate of drug-likeness (QED) is 0.654. The predicted octanol–water partition coefficient (Wildman–Crippen LogP) is 3.19. The number of aliphatic hydroxyl groups excluding tert-OH is 1. The Morgan fingerprint density at radius 2 is 1.61 bits per heavy atom. The molecule has 2 heterocycles. The summed E-state index contributed by atoms with van der Waals surface area (Å²) in [6.07, 6.45) is 1.30. The van der Waals surface area contributed by atoms with E-state index >= 15 is 0 Å². The number of anilines is 1. The third-order valence-corrected chi connectivity index (χ3v) is 5.14. The van der Waals surface area contributed by atoms with Gasteiger partial charge in [-0.3, -0.25) is 14.5 Å². The van der Waals surface area contributed by atoms with Crippen molar-refractivity contribution in [1.82, 2.24) is 4.90 Å². The molecule has 2 aromatic carbocycles. The van der Waals surface area contributed by atoms with Gasteiger partial charge in [-0.2, -0.15) is 10.2 Å². The molecule has 0 radical (unpaired) electrons. The van der Waals surface area contributed by atoms with E-state index in [0.29, 0.717) is 17.9 Å². The number of likely N-dealkylation sites (tertiary alicyclic amines) is 1. The number of aliphatic hydroxyl groups is 1. The van der Waals surface area contributed by atoms with E-state index in [9.17, 15) is 14.7 Å². The van der Waals surface area contributed by atoms with Crippen molar-refractivity contribution in [1.29, 1.82) is 0 Å². The lowest BCUT2D eigenvalue weighted by molar-refractivity contribution is -0.123. The number of piperidine rings is 1. The van der Waals surface area contributed by atoms with Crippen LogP contribution in [0.4, 0.5) is 17.1 Å². The van der Waals surface area contributed by atoms with Crippen molar-refractivity contribution in [3.8, 4) is 0 Å². The van der Waals surface area contributed by atoms with Gasteiger partial charge in [0.15, 0.2) is 0 Å². The van der Waals surface area contributed by atoms with Crippen molar-refractivity contribution in [3.05, 3.63) is 54.6 Å². The summed E-state index contributed by atoms with van der Waals surface area (Å²) in [6.45, 7) is 1.17. The van der Waals surface area contributed by atoms with Gasteiger partial charge >= 0.3 is 0 Å². The summed E-state index contributed by atoms with van der Waals surface area (Å²) in [4.78, 5) is 28.5. The highest BCUT2D eigenvalue weighted by atomic mass is 16.3. The molecule has 28 heavy (non-hydrogen) atoms. The second kappa shape index (κ2) is 8.00. The van der Waals surface area contributed by atoms with Crippen LogP contribution in [0.1, 0.15) is 19.3 Å². The first-order chi connectivity index (χ1) is 13.6. The van der Waals surface area contributed by atoms with Gasteiger partial charge in [0.1, 0.15) is 0 Å². The summed E-state index contributed by atoms with van der Waals surface area (Å²) in [5.41, 5.74) is 1.93. The van der Waals surface area contributed by atoms with Crippen LogP contribution in [0.2, 0.25) is 0 Å². The topological polar surface area (TPSA) is 85.6 Å². The molecule has 2 fully saturated rings. The molecule has 0 unspecified atom stereocenters. The molecule has 2 aliphatic heterocycles. The number of amides is 2. The first-order valence-corrected chi connectivity index (χ1v) is 9.47. The van der Waals surface area contributed by atoms with E-state index in [1.54, 1.807) is 24.3 Å². The van der Waals surface area contributed by atoms with Crippen LogP contribution >= 0.6 is 0 Å². The zero-order valence-corrected chi connectivity index (χ0v) is 15.4. The van der Waals surface area contributed by atoms with Crippen LogP contribution in [0, 0.1) is 0 Å². The molecule has 0 spiro atoms. The molecule has 0 bridgehead atoms. The number of rotatable bonds is 4. The summed E-state index contributed by atoms with van der Waals surface area (Å²) >= 11 is 0. The number of hydrogen-bond acceptors (Lipinski definition) is 6. The molecule has 2 saturated heterocycles. The lowest BCUT2D eigenvalue weighted by Gasteiger charge is -2.33. The van der Waals surface area contributed by atoms with Crippen LogP contribution in [-0.2, 0) is 9.59 Å². The average Bonchev–Trinajstić information content (AvgIpc) is 3.02. The first kappa shape index (κ1) is 18.5. The molecular weight excluding hydrogens is 356 g/mol. The minimum atomic E-state index is -0.486. The molecule has 0 saturated carbocycles. The highest BCUT2D eigenvalue weighted by molar-refractivity contribution is 6.22. The minimum absolute atomic E-state index is 0.154. The predicted molar refractivity (Wildman–Crippen MR) is 105 cm³/mol. The van der Waals surface area contributed by atoms with Gasteiger partial charge in [0, 0.05) is 6.54 Å². The van der Waals surface area contributed by atoms with Crippen LogP contribution in [0.5, 0.6) is 0 Å². The zero-order valence-electron chi connectivity index (χ0n) is 15.4. The maximum Gasteiger partial charge on any atom is 0.251 e. The maximum atomic E-state index is 12.9. The molecule has 7 heteroatoms. The lowest BCUT2D eigenvalue weighted by atomic mass is 10.1. The van der Waals surface area contributed by atoms with E-state index in [-0.39, 0.29) is 18.2 Å². The number of β-amino-alcohol motifs (C(OH)–C–C–N with tert-alkyl or cyclic N) is 1. The maximum absolute atomic E-state index is 12.9. The van der Waals surface area contributed by atoms with Crippen molar-refractivity contribution in [2.75, 3.05) is 18.0 Å². The van der Waals surface area contributed by atoms with Gasteiger partial charge in [-0.1, -0.05) is 18.2 Å². The molecule has 4 rings (SSSR count). The number of benzene rings is 2. The Balaban J connectivity index is 1.47. The lowest BCUT2D eigenvalue weighted by Crippen LogP contribution is -2.48. The van der Waals surface area contributed by atoms with Gasteiger partial charge in [0.25, 0.3) is 5.91 Å². The third kappa shape index (κ3) is 3.85. The Morgan fingerprint density at radius 1 is 0.929 bits per heavy atom. The van der Waals surface area contributed by atoms with Gasteiger partial charge in [-0.25, -0.2) is 4.90 Å². The van der Waals surface area contributed by atoms with E-state index in [0.717, 1.165) is 25.1 Å². The summed E-state index contributed by atoms with van der Waals surface area (Å²) in [7, 11) is 0. The molecule has 144 valence electrons. The van der Waals surface area contributed by atoms with Gasteiger partial charge in [0.2, 0.25) is 5.91 Å². The molecule has 1 N–H and O–H groups in total. The normalized spacial score (nSPS) is 23.7. The number of carbonyl (C=O) groups is 2. The van der Waals surface area contributed by atoms with Gasteiger partial charge in [0.05, 0.1) is 35.6 Å². The fourth-order valence-electron chi connectivity index (χ4n) is 3.72. The third-order valence-electron chi connectivity index (χ3n) is 5.14. The Hall–Kier alpha value is -2.90. The minimum Gasteiger partial charge on any atom is -0.392 e. The Bertz CT molecular complexity index is 882. The smallest absolute Gasteiger partial charge is 0.251 e. The second-order valence-corrected chi connectivity index (χ2v) is 7.13.